The molecule has 2 aromatic carbocycles. The summed E-state index contributed by atoms with van der Waals surface area (Å²) in [6.07, 6.45) is 3.50. The number of fused-ring (bicyclic) bond motifs is 1. The van der Waals surface area contributed by atoms with E-state index in [1.54, 1.807) is 24.2 Å². The van der Waals surface area contributed by atoms with Crippen LogP contribution >= 0.6 is 11.8 Å². The third-order valence-corrected chi connectivity index (χ3v) is 4.15. The molecule has 1 atom stereocenters. The summed E-state index contributed by atoms with van der Waals surface area (Å²) in [5.74, 6) is 0.762. The molecule has 1 aromatic heterocycles. The highest BCUT2D eigenvalue weighted by Gasteiger charge is 2.10. The minimum absolute atomic E-state index is 0.0325. The number of benzene rings is 2. The molecular formula is C16H15N3S. The van der Waals surface area contributed by atoms with Gasteiger partial charge >= 0.3 is 0 Å². The van der Waals surface area contributed by atoms with Crippen LogP contribution in [0.5, 0.6) is 0 Å². The van der Waals surface area contributed by atoms with E-state index in [0.717, 1.165) is 10.9 Å². The molecule has 100 valence electrons. The number of aromatic nitrogens is 2. The van der Waals surface area contributed by atoms with Gasteiger partial charge in [-0.1, -0.05) is 54.2 Å². The van der Waals surface area contributed by atoms with Crippen molar-refractivity contribution in [2.24, 2.45) is 5.73 Å². The summed E-state index contributed by atoms with van der Waals surface area (Å²) in [5, 5.41) is 3.21. The molecule has 0 aliphatic carbocycles. The second kappa shape index (κ2) is 6.03. The molecule has 20 heavy (non-hydrogen) atoms. The lowest BCUT2D eigenvalue weighted by Crippen LogP contribution is -2.13. The first-order chi connectivity index (χ1) is 9.84. The van der Waals surface area contributed by atoms with E-state index in [1.807, 2.05) is 18.2 Å². The molecule has 0 saturated carbocycles. The van der Waals surface area contributed by atoms with Crippen LogP contribution in [-0.2, 0) is 0 Å². The Morgan fingerprint density at radius 3 is 2.55 bits per heavy atom. The Labute approximate surface area is 122 Å². The molecule has 0 aliphatic heterocycles. The molecule has 1 heterocycles. The molecule has 0 fully saturated rings. The summed E-state index contributed by atoms with van der Waals surface area (Å²) in [7, 11) is 0. The molecule has 4 heteroatoms. The Morgan fingerprint density at radius 2 is 1.70 bits per heavy atom. The summed E-state index contributed by atoms with van der Waals surface area (Å²) in [6, 6.07) is 16.4. The van der Waals surface area contributed by atoms with Crippen LogP contribution in [0.2, 0.25) is 0 Å². The van der Waals surface area contributed by atoms with Crippen molar-refractivity contribution in [3.05, 3.63) is 66.5 Å². The van der Waals surface area contributed by atoms with Gasteiger partial charge in [0.1, 0.15) is 0 Å². The fourth-order valence-electron chi connectivity index (χ4n) is 2.19. The number of hydrogen-bond acceptors (Lipinski definition) is 4. The van der Waals surface area contributed by atoms with Gasteiger partial charge in [-0.15, -0.1) is 0 Å². The molecule has 0 bridgehead atoms. The molecule has 0 spiro atoms. The molecule has 0 aliphatic rings. The van der Waals surface area contributed by atoms with E-state index < -0.39 is 0 Å². The molecule has 1 unspecified atom stereocenters. The Kier molecular flexibility index (Phi) is 3.95. The van der Waals surface area contributed by atoms with Crippen LogP contribution in [0.1, 0.15) is 11.6 Å². The first kappa shape index (κ1) is 13.1. The van der Waals surface area contributed by atoms with Gasteiger partial charge in [0.2, 0.25) is 0 Å². The number of nitrogens with two attached hydrogens (primary N) is 1. The molecule has 0 amide bonds. The third kappa shape index (κ3) is 2.81. The molecular weight excluding hydrogens is 266 g/mol. The van der Waals surface area contributed by atoms with Gasteiger partial charge in [0.25, 0.3) is 0 Å². The topological polar surface area (TPSA) is 51.8 Å². The summed E-state index contributed by atoms with van der Waals surface area (Å²) >= 11 is 1.58. The smallest absolute Gasteiger partial charge is 0.187 e. The molecule has 0 saturated heterocycles. The van der Waals surface area contributed by atoms with Crippen LogP contribution in [0.15, 0.2) is 66.1 Å². The SMILES string of the molecule is NC(CSc1ncccn1)c1cccc2ccccc12. The quantitative estimate of drug-likeness (QED) is 0.588. The lowest BCUT2D eigenvalue weighted by molar-refractivity contribution is 0.834. The maximum absolute atomic E-state index is 6.33. The van der Waals surface area contributed by atoms with Crippen molar-refractivity contribution in [3.63, 3.8) is 0 Å². The lowest BCUT2D eigenvalue weighted by Gasteiger charge is -2.14. The zero-order valence-electron chi connectivity index (χ0n) is 10.9. The van der Waals surface area contributed by atoms with Gasteiger partial charge in [-0.2, -0.15) is 0 Å². The average Bonchev–Trinajstić information content (AvgIpc) is 2.53. The van der Waals surface area contributed by atoms with E-state index in [1.165, 1.54) is 16.3 Å². The van der Waals surface area contributed by atoms with Crippen molar-refractivity contribution >= 4 is 22.5 Å². The van der Waals surface area contributed by atoms with Crippen molar-refractivity contribution in [1.29, 1.82) is 0 Å². The van der Waals surface area contributed by atoms with Crippen LogP contribution in [0.4, 0.5) is 0 Å². The van der Waals surface area contributed by atoms with E-state index in [-0.39, 0.29) is 6.04 Å². The molecule has 3 nitrogen and oxygen atoms in total. The van der Waals surface area contributed by atoms with E-state index >= 15 is 0 Å². The normalized spacial score (nSPS) is 12.4. The maximum Gasteiger partial charge on any atom is 0.187 e. The van der Waals surface area contributed by atoms with Crippen molar-refractivity contribution < 1.29 is 0 Å². The van der Waals surface area contributed by atoms with Crippen molar-refractivity contribution in [2.75, 3.05) is 5.75 Å². The van der Waals surface area contributed by atoms with Gasteiger partial charge in [0.05, 0.1) is 0 Å². The highest BCUT2D eigenvalue weighted by molar-refractivity contribution is 7.99. The minimum Gasteiger partial charge on any atom is -0.323 e. The van der Waals surface area contributed by atoms with Crippen LogP contribution in [0.3, 0.4) is 0 Å². The fraction of sp³-hybridized carbons (Fsp3) is 0.125. The second-order valence-corrected chi connectivity index (χ2v) is 5.50. The van der Waals surface area contributed by atoms with Gasteiger partial charge in [0, 0.05) is 24.2 Å². The largest absolute Gasteiger partial charge is 0.323 e. The fourth-order valence-corrected chi connectivity index (χ4v) is 2.97. The summed E-state index contributed by atoms with van der Waals surface area (Å²) in [6.45, 7) is 0. The van der Waals surface area contributed by atoms with E-state index in [0.29, 0.717) is 0 Å². The first-order valence-corrected chi connectivity index (χ1v) is 7.46. The van der Waals surface area contributed by atoms with Gasteiger partial charge in [-0.25, -0.2) is 9.97 Å². The number of thioether (sulfide) groups is 1. The molecule has 3 rings (SSSR count). The summed E-state index contributed by atoms with van der Waals surface area (Å²) in [5.41, 5.74) is 7.51. The van der Waals surface area contributed by atoms with Gasteiger partial charge < -0.3 is 5.73 Å². The maximum atomic E-state index is 6.33. The van der Waals surface area contributed by atoms with Crippen LogP contribution in [-0.4, -0.2) is 15.7 Å². The number of nitrogens with zero attached hydrogens (tertiary/aromatic N) is 2. The monoisotopic (exact) mass is 281 g/mol. The standard InChI is InChI=1S/C16H15N3S/c17-15(11-20-16-18-9-4-10-19-16)14-8-3-6-12-5-1-2-7-13(12)14/h1-10,15H,11,17H2. The van der Waals surface area contributed by atoms with Crippen molar-refractivity contribution in [1.82, 2.24) is 9.97 Å². The Hall–Kier alpha value is -1.91. The predicted octanol–water partition coefficient (Wildman–Crippen LogP) is 3.42. The molecule has 3 aromatic rings. The van der Waals surface area contributed by atoms with Crippen LogP contribution in [0, 0.1) is 0 Å². The van der Waals surface area contributed by atoms with E-state index in [9.17, 15) is 0 Å². The first-order valence-electron chi connectivity index (χ1n) is 6.47. The minimum atomic E-state index is -0.0325. The highest BCUT2D eigenvalue weighted by atomic mass is 32.2. The predicted molar refractivity (Wildman–Crippen MR) is 83.6 cm³/mol. The lowest BCUT2D eigenvalue weighted by atomic mass is 10.0. The Balaban J connectivity index is 1.80. The van der Waals surface area contributed by atoms with Gasteiger partial charge in [-0.05, 0) is 22.4 Å². The van der Waals surface area contributed by atoms with Gasteiger partial charge in [-0.3, -0.25) is 0 Å². The number of hydrogen-bond donors (Lipinski definition) is 1. The van der Waals surface area contributed by atoms with Crippen LogP contribution in [0.25, 0.3) is 10.8 Å². The Bertz CT molecular complexity index is 695. The van der Waals surface area contributed by atoms with Crippen molar-refractivity contribution in [2.45, 2.75) is 11.2 Å². The van der Waals surface area contributed by atoms with E-state index in [2.05, 4.69) is 40.3 Å². The van der Waals surface area contributed by atoms with Gasteiger partial charge in [0.15, 0.2) is 5.16 Å². The van der Waals surface area contributed by atoms with Crippen LogP contribution < -0.4 is 5.73 Å². The van der Waals surface area contributed by atoms with Crippen molar-refractivity contribution in [3.8, 4) is 0 Å². The average molecular weight is 281 g/mol. The summed E-state index contributed by atoms with van der Waals surface area (Å²) < 4.78 is 0. The molecule has 0 radical (unpaired) electrons. The highest BCUT2D eigenvalue weighted by Crippen LogP contribution is 2.26. The zero-order chi connectivity index (χ0) is 13.8. The summed E-state index contributed by atoms with van der Waals surface area (Å²) in [4.78, 5) is 8.41. The third-order valence-electron chi connectivity index (χ3n) is 3.16. The Morgan fingerprint density at radius 1 is 0.950 bits per heavy atom. The number of rotatable bonds is 4. The van der Waals surface area contributed by atoms with E-state index in [4.69, 9.17) is 5.73 Å². The molecule has 2 N–H and O–H groups in total. The second-order valence-electron chi connectivity index (χ2n) is 4.52. The zero-order valence-corrected chi connectivity index (χ0v) is 11.8.